The molecule has 0 amide bonds. The number of hydrogen-bond donors (Lipinski definition) is 1. The minimum atomic E-state index is -3.75. The molecule has 0 spiro atoms. The molecule has 1 atom stereocenters. The first-order valence-electron chi connectivity index (χ1n) is 6.90. The van der Waals surface area contributed by atoms with Crippen LogP contribution < -0.4 is 0 Å². The molecule has 11 heteroatoms. The summed E-state index contributed by atoms with van der Waals surface area (Å²) >= 11 is 0. The number of carbonyl (C=O) groups is 1. The highest BCUT2D eigenvalue weighted by molar-refractivity contribution is 7.88. The van der Waals surface area contributed by atoms with Gasteiger partial charge in [0.15, 0.2) is 0 Å². The number of nitrogens with zero attached hydrogens (tertiary/aromatic N) is 3. The monoisotopic (exact) mass is 355 g/mol. The average molecular weight is 355 g/mol. The topological polar surface area (TPSA) is 115 Å². The average Bonchev–Trinajstić information content (AvgIpc) is 2.83. The molecule has 2 heterocycles. The van der Waals surface area contributed by atoms with Crippen LogP contribution in [-0.4, -0.2) is 86.4 Å². The number of piperazine rings is 1. The van der Waals surface area contributed by atoms with Crippen molar-refractivity contribution in [1.29, 1.82) is 0 Å². The van der Waals surface area contributed by atoms with Crippen molar-refractivity contribution in [1.82, 2.24) is 12.9 Å². The number of rotatable bonds is 4. The highest BCUT2D eigenvalue weighted by Gasteiger charge is 2.46. The van der Waals surface area contributed by atoms with E-state index in [1.54, 1.807) is 0 Å². The molecule has 0 aromatic heterocycles. The summed E-state index contributed by atoms with van der Waals surface area (Å²) < 4.78 is 51.6. The zero-order valence-electron chi connectivity index (χ0n) is 12.6. The Bertz CT molecular complexity index is 653. The number of carboxylic acid groups (broad SMARTS) is 1. The number of hydrogen-bond acceptors (Lipinski definition) is 5. The van der Waals surface area contributed by atoms with E-state index in [4.69, 9.17) is 0 Å². The number of aliphatic carboxylic acids is 1. The first-order chi connectivity index (χ1) is 9.97. The van der Waals surface area contributed by atoms with Crippen molar-refractivity contribution < 1.29 is 26.7 Å². The minimum Gasteiger partial charge on any atom is -0.481 e. The summed E-state index contributed by atoms with van der Waals surface area (Å²) in [5.41, 5.74) is -1.07. The van der Waals surface area contributed by atoms with Crippen LogP contribution in [0.2, 0.25) is 0 Å². The van der Waals surface area contributed by atoms with Crippen LogP contribution in [0.4, 0.5) is 0 Å². The standard InChI is InChI=1S/C11H21N3O6S2/c1-11(10(15)16)3-4-14(9-11)22(19,20)13-7-5-12(6-8-13)21(2,17)18/h3-9H2,1-2H3,(H,15,16). The molecule has 22 heavy (non-hydrogen) atoms. The largest absolute Gasteiger partial charge is 0.481 e. The molecule has 2 saturated heterocycles. The Kier molecular flexibility index (Phi) is 4.57. The Balaban J connectivity index is 2.06. The lowest BCUT2D eigenvalue weighted by molar-refractivity contribution is -0.146. The SMILES string of the molecule is CC1(C(=O)O)CCN(S(=O)(=O)N2CCN(S(C)(=O)=O)CC2)C1. The molecule has 2 aliphatic heterocycles. The quantitative estimate of drug-likeness (QED) is 0.663. The first-order valence-corrected chi connectivity index (χ1v) is 10.2. The van der Waals surface area contributed by atoms with E-state index in [0.717, 1.165) is 6.26 Å². The lowest BCUT2D eigenvalue weighted by atomic mass is 9.90. The van der Waals surface area contributed by atoms with Crippen molar-refractivity contribution in [3.63, 3.8) is 0 Å². The van der Waals surface area contributed by atoms with Crippen LogP contribution in [0.3, 0.4) is 0 Å². The maximum Gasteiger partial charge on any atom is 0.310 e. The second-order valence-electron chi connectivity index (χ2n) is 6.02. The van der Waals surface area contributed by atoms with E-state index in [0.29, 0.717) is 0 Å². The molecule has 0 saturated carbocycles. The molecule has 9 nitrogen and oxygen atoms in total. The Morgan fingerprint density at radius 1 is 0.955 bits per heavy atom. The van der Waals surface area contributed by atoms with Gasteiger partial charge in [0.1, 0.15) is 0 Å². The smallest absolute Gasteiger partial charge is 0.310 e. The van der Waals surface area contributed by atoms with Crippen LogP contribution in [-0.2, 0) is 25.0 Å². The van der Waals surface area contributed by atoms with Gasteiger partial charge in [0.05, 0.1) is 11.7 Å². The summed E-state index contributed by atoms with van der Waals surface area (Å²) in [7, 11) is -7.08. The van der Waals surface area contributed by atoms with Gasteiger partial charge < -0.3 is 5.11 Å². The van der Waals surface area contributed by atoms with Crippen molar-refractivity contribution in [2.45, 2.75) is 13.3 Å². The molecule has 0 radical (unpaired) electrons. The Hall–Kier alpha value is -0.750. The van der Waals surface area contributed by atoms with Gasteiger partial charge in [0, 0.05) is 39.3 Å². The molecule has 0 bridgehead atoms. The van der Waals surface area contributed by atoms with E-state index in [1.165, 1.54) is 19.8 Å². The van der Waals surface area contributed by atoms with Crippen LogP contribution >= 0.6 is 0 Å². The van der Waals surface area contributed by atoms with Gasteiger partial charge in [-0.25, -0.2) is 8.42 Å². The molecule has 1 unspecified atom stereocenters. The summed E-state index contributed by atoms with van der Waals surface area (Å²) in [4.78, 5) is 11.2. The summed E-state index contributed by atoms with van der Waals surface area (Å²) in [5, 5.41) is 9.18. The molecular formula is C11H21N3O6S2. The first kappa shape index (κ1) is 17.6. The van der Waals surface area contributed by atoms with Gasteiger partial charge in [-0.05, 0) is 13.3 Å². The maximum absolute atomic E-state index is 12.5. The van der Waals surface area contributed by atoms with Crippen molar-refractivity contribution in [3.05, 3.63) is 0 Å². The second-order valence-corrected chi connectivity index (χ2v) is 9.93. The summed E-state index contributed by atoms with van der Waals surface area (Å²) in [6.45, 7) is 2.02. The van der Waals surface area contributed by atoms with Gasteiger partial charge in [-0.15, -0.1) is 0 Å². The third-order valence-corrected chi connectivity index (χ3v) is 7.56. The molecule has 2 fully saturated rings. The maximum atomic E-state index is 12.5. The highest BCUT2D eigenvalue weighted by atomic mass is 32.2. The Morgan fingerprint density at radius 3 is 1.86 bits per heavy atom. The lowest BCUT2D eigenvalue weighted by Gasteiger charge is -2.34. The molecule has 0 aromatic carbocycles. The lowest BCUT2D eigenvalue weighted by Crippen LogP contribution is -2.53. The van der Waals surface area contributed by atoms with Crippen molar-refractivity contribution in [3.8, 4) is 0 Å². The fourth-order valence-corrected chi connectivity index (χ4v) is 5.23. The van der Waals surface area contributed by atoms with Crippen LogP contribution in [0.15, 0.2) is 0 Å². The van der Waals surface area contributed by atoms with Gasteiger partial charge >= 0.3 is 5.97 Å². The van der Waals surface area contributed by atoms with Crippen LogP contribution in [0.1, 0.15) is 13.3 Å². The van der Waals surface area contributed by atoms with Gasteiger partial charge in [-0.2, -0.15) is 21.3 Å². The zero-order valence-corrected chi connectivity index (χ0v) is 14.2. The molecule has 1 N–H and O–H groups in total. The third-order valence-electron chi connectivity index (χ3n) is 4.27. The van der Waals surface area contributed by atoms with Gasteiger partial charge in [-0.1, -0.05) is 0 Å². The highest BCUT2D eigenvalue weighted by Crippen LogP contribution is 2.32. The van der Waals surface area contributed by atoms with Crippen molar-refractivity contribution in [2.75, 3.05) is 45.5 Å². The fraction of sp³-hybridized carbons (Fsp3) is 0.909. The number of sulfonamides is 1. The molecule has 0 aromatic rings. The van der Waals surface area contributed by atoms with E-state index >= 15 is 0 Å². The number of carboxylic acids is 1. The summed E-state index contributed by atoms with van der Waals surface area (Å²) in [6.07, 6.45) is 1.36. The van der Waals surface area contributed by atoms with Gasteiger partial charge in [0.25, 0.3) is 10.2 Å². The molecular weight excluding hydrogens is 334 g/mol. The predicted molar refractivity (Wildman–Crippen MR) is 78.8 cm³/mol. The third kappa shape index (κ3) is 3.27. The Labute approximate surface area is 130 Å². The van der Waals surface area contributed by atoms with Crippen molar-refractivity contribution >= 4 is 26.2 Å². The van der Waals surface area contributed by atoms with Crippen LogP contribution in [0, 0.1) is 5.41 Å². The molecule has 2 aliphatic rings. The van der Waals surface area contributed by atoms with Crippen LogP contribution in [0.25, 0.3) is 0 Å². The van der Waals surface area contributed by atoms with Crippen molar-refractivity contribution in [2.24, 2.45) is 5.41 Å². The van der Waals surface area contributed by atoms with E-state index in [1.807, 2.05) is 0 Å². The van der Waals surface area contributed by atoms with Gasteiger partial charge in [0.2, 0.25) is 10.0 Å². The van der Waals surface area contributed by atoms with E-state index in [2.05, 4.69) is 0 Å². The molecule has 2 rings (SSSR count). The van der Waals surface area contributed by atoms with E-state index in [9.17, 15) is 26.7 Å². The molecule has 128 valence electrons. The normalized spacial score (nSPS) is 29.7. The second kappa shape index (κ2) is 5.71. The predicted octanol–water partition coefficient (Wildman–Crippen LogP) is -1.39. The summed E-state index contributed by atoms with van der Waals surface area (Å²) in [6, 6.07) is 0. The van der Waals surface area contributed by atoms with Gasteiger partial charge in [-0.3, -0.25) is 4.79 Å². The van der Waals surface area contributed by atoms with E-state index < -0.39 is 31.6 Å². The summed E-state index contributed by atoms with van der Waals surface area (Å²) in [5.74, 6) is -1.01. The zero-order chi connectivity index (χ0) is 16.8. The van der Waals surface area contributed by atoms with E-state index in [-0.39, 0.29) is 45.7 Å². The fourth-order valence-electron chi connectivity index (χ4n) is 2.69. The minimum absolute atomic E-state index is 0.0586. The Morgan fingerprint density at radius 2 is 1.45 bits per heavy atom. The molecule has 0 aliphatic carbocycles. The van der Waals surface area contributed by atoms with Crippen LogP contribution in [0.5, 0.6) is 0 Å².